The zero-order valence-corrected chi connectivity index (χ0v) is 11.6. The third-order valence-corrected chi connectivity index (χ3v) is 3.70. The summed E-state index contributed by atoms with van der Waals surface area (Å²) < 4.78 is 0. The van der Waals surface area contributed by atoms with Crippen LogP contribution in [0.25, 0.3) is 6.08 Å². The highest BCUT2D eigenvalue weighted by atomic mass is 16.3. The van der Waals surface area contributed by atoms with E-state index in [1.54, 1.807) is 11.0 Å². The van der Waals surface area contributed by atoms with Gasteiger partial charge in [-0.1, -0.05) is 23.8 Å². The van der Waals surface area contributed by atoms with Gasteiger partial charge in [0.15, 0.2) is 0 Å². The molecule has 1 heterocycles. The minimum Gasteiger partial charge on any atom is -0.394 e. The molecule has 102 valence electrons. The normalized spacial score (nSPS) is 19.3. The first kappa shape index (κ1) is 13.8. The summed E-state index contributed by atoms with van der Waals surface area (Å²) in [5, 5.41) is 9.23. The van der Waals surface area contributed by atoms with Crippen molar-refractivity contribution in [1.82, 2.24) is 4.90 Å². The maximum atomic E-state index is 12.1. The number of rotatable bonds is 3. The van der Waals surface area contributed by atoms with Crippen LogP contribution in [-0.4, -0.2) is 35.1 Å². The molecule has 0 saturated carbocycles. The van der Waals surface area contributed by atoms with Gasteiger partial charge in [0.2, 0.25) is 5.91 Å². The van der Waals surface area contributed by atoms with E-state index in [4.69, 9.17) is 0 Å². The molecule has 1 saturated heterocycles. The molecule has 1 aromatic rings. The first-order valence-electron chi connectivity index (χ1n) is 6.78. The molecule has 1 N–H and O–H groups in total. The van der Waals surface area contributed by atoms with E-state index in [0.29, 0.717) is 0 Å². The molecule has 0 aliphatic carbocycles. The van der Waals surface area contributed by atoms with Gasteiger partial charge in [0.05, 0.1) is 12.6 Å². The van der Waals surface area contributed by atoms with E-state index in [1.807, 2.05) is 25.1 Å². The molecule has 3 heteroatoms. The summed E-state index contributed by atoms with van der Waals surface area (Å²) in [5.41, 5.74) is 3.46. The van der Waals surface area contributed by atoms with Crippen molar-refractivity contribution in [1.29, 1.82) is 0 Å². The van der Waals surface area contributed by atoms with Crippen LogP contribution in [0.4, 0.5) is 0 Å². The van der Waals surface area contributed by atoms with Gasteiger partial charge >= 0.3 is 0 Å². The average Bonchev–Trinajstić information content (AvgIpc) is 2.85. The van der Waals surface area contributed by atoms with Gasteiger partial charge in [-0.15, -0.1) is 0 Å². The molecule has 0 radical (unpaired) electrons. The Bertz CT molecular complexity index is 494. The van der Waals surface area contributed by atoms with Crippen molar-refractivity contribution >= 4 is 12.0 Å². The number of hydrogen-bond donors (Lipinski definition) is 1. The summed E-state index contributed by atoms with van der Waals surface area (Å²) in [6.45, 7) is 4.91. The highest BCUT2D eigenvalue weighted by molar-refractivity contribution is 5.92. The second kappa shape index (κ2) is 6.02. The number of aliphatic hydroxyl groups is 1. The lowest BCUT2D eigenvalue weighted by Crippen LogP contribution is -2.36. The molecule has 1 atom stereocenters. The molecule has 1 aliphatic heterocycles. The summed E-state index contributed by atoms with van der Waals surface area (Å²) in [6.07, 6.45) is 5.36. The first-order chi connectivity index (χ1) is 9.11. The average molecular weight is 259 g/mol. The van der Waals surface area contributed by atoms with Crippen molar-refractivity contribution in [2.45, 2.75) is 32.7 Å². The van der Waals surface area contributed by atoms with Crippen LogP contribution in [-0.2, 0) is 4.79 Å². The van der Waals surface area contributed by atoms with Gasteiger partial charge in [-0.3, -0.25) is 4.79 Å². The monoisotopic (exact) mass is 259 g/mol. The molecule has 19 heavy (non-hydrogen) atoms. The summed E-state index contributed by atoms with van der Waals surface area (Å²) in [5.74, 6) is -0.00322. The summed E-state index contributed by atoms with van der Waals surface area (Å²) in [6, 6.07) is 6.18. The van der Waals surface area contributed by atoms with E-state index >= 15 is 0 Å². The Morgan fingerprint density at radius 2 is 2.26 bits per heavy atom. The molecule has 2 rings (SSSR count). The minimum atomic E-state index is -0.00346. The van der Waals surface area contributed by atoms with Gasteiger partial charge in [0.25, 0.3) is 0 Å². The van der Waals surface area contributed by atoms with Crippen LogP contribution < -0.4 is 0 Å². The van der Waals surface area contributed by atoms with Crippen molar-refractivity contribution in [3.63, 3.8) is 0 Å². The van der Waals surface area contributed by atoms with Crippen LogP contribution in [0.15, 0.2) is 24.3 Å². The summed E-state index contributed by atoms with van der Waals surface area (Å²) in [4.78, 5) is 13.9. The van der Waals surface area contributed by atoms with E-state index in [-0.39, 0.29) is 18.6 Å². The molecule has 0 bridgehead atoms. The number of carbonyl (C=O) groups is 1. The standard InChI is InChI=1S/C16H21NO2/c1-12-5-6-14(13(2)10-12)7-8-16(19)17-9-3-4-15(17)11-18/h5-8,10,15,18H,3-4,9,11H2,1-2H3/b8-7+/t15-/m1/s1. The Morgan fingerprint density at radius 1 is 1.47 bits per heavy atom. The second-order valence-electron chi connectivity index (χ2n) is 5.20. The zero-order valence-electron chi connectivity index (χ0n) is 11.6. The molecule has 0 unspecified atom stereocenters. The number of hydrogen-bond acceptors (Lipinski definition) is 2. The van der Waals surface area contributed by atoms with Crippen molar-refractivity contribution in [2.24, 2.45) is 0 Å². The van der Waals surface area contributed by atoms with E-state index in [0.717, 1.165) is 24.9 Å². The van der Waals surface area contributed by atoms with Gasteiger partial charge in [0.1, 0.15) is 0 Å². The van der Waals surface area contributed by atoms with Gasteiger partial charge in [-0.05, 0) is 43.9 Å². The molecule has 1 fully saturated rings. The Labute approximate surface area is 114 Å². The maximum Gasteiger partial charge on any atom is 0.246 e. The SMILES string of the molecule is Cc1ccc(/C=C/C(=O)N2CCC[C@@H]2CO)c(C)c1. The van der Waals surface area contributed by atoms with E-state index in [2.05, 4.69) is 13.0 Å². The number of aryl methyl sites for hydroxylation is 2. The van der Waals surface area contributed by atoms with Crippen molar-refractivity contribution in [2.75, 3.05) is 13.2 Å². The quantitative estimate of drug-likeness (QED) is 0.846. The van der Waals surface area contributed by atoms with Crippen molar-refractivity contribution in [3.05, 3.63) is 41.0 Å². The third kappa shape index (κ3) is 3.24. The highest BCUT2D eigenvalue weighted by Crippen LogP contribution is 2.18. The Kier molecular flexibility index (Phi) is 4.38. The molecule has 1 amide bonds. The first-order valence-corrected chi connectivity index (χ1v) is 6.78. The van der Waals surface area contributed by atoms with Crippen LogP contribution >= 0.6 is 0 Å². The fourth-order valence-corrected chi connectivity index (χ4v) is 2.59. The molecule has 1 aromatic carbocycles. The van der Waals surface area contributed by atoms with Gasteiger partial charge in [0, 0.05) is 12.6 Å². The van der Waals surface area contributed by atoms with Crippen LogP contribution in [0.1, 0.15) is 29.5 Å². The number of amides is 1. The van der Waals surface area contributed by atoms with Crippen molar-refractivity contribution in [3.8, 4) is 0 Å². The predicted octanol–water partition coefficient (Wildman–Crippen LogP) is 2.30. The number of benzene rings is 1. The fourth-order valence-electron chi connectivity index (χ4n) is 2.59. The largest absolute Gasteiger partial charge is 0.394 e. The van der Waals surface area contributed by atoms with Crippen molar-refractivity contribution < 1.29 is 9.90 Å². The number of likely N-dealkylation sites (tertiary alicyclic amines) is 1. The zero-order chi connectivity index (χ0) is 13.8. The highest BCUT2D eigenvalue weighted by Gasteiger charge is 2.26. The Morgan fingerprint density at radius 3 is 2.95 bits per heavy atom. The Balaban J connectivity index is 2.07. The third-order valence-electron chi connectivity index (χ3n) is 3.70. The van der Waals surface area contributed by atoms with Crippen LogP contribution in [0.5, 0.6) is 0 Å². The summed E-state index contributed by atoms with van der Waals surface area (Å²) in [7, 11) is 0. The lowest BCUT2D eigenvalue weighted by atomic mass is 10.1. The van der Waals surface area contributed by atoms with E-state index in [9.17, 15) is 9.90 Å². The smallest absolute Gasteiger partial charge is 0.246 e. The number of aliphatic hydroxyl groups excluding tert-OH is 1. The predicted molar refractivity (Wildman–Crippen MR) is 76.8 cm³/mol. The molecule has 1 aliphatic rings. The van der Waals surface area contributed by atoms with E-state index in [1.165, 1.54) is 11.1 Å². The molecule has 0 aromatic heterocycles. The van der Waals surface area contributed by atoms with Gasteiger partial charge in [-0.2, -0.15) is 0 Å². The van der Waals surface area contributed by atoms with Gasteiger partial charge < -0.3 is 10.0 Å². The lowest BCUT2D eigenvalue weighted by Gasteiger charge is -2.21. The molecule has 3 nitrogen and oxygen atoms in total. The van der Waals surface area contributed by atoms with Gasteiger partial charge in [-0.25, -0.2) is 0 Å². The van der Waals surface area contributed by atoms with Crippen LogP contribution in [0.3, 0.4) is 0 Å². The Hall–Kier alpha value is -1.61. The number of nitrogens with zero attached hydrogens (tertiary/aromatic N) is 1. The molecular formula is C16H21NO2. The lowest BCUT2D eigenvalue weighted by molar-refractivity contribution is -0.127. The molecule has 0 spiro atoms. The summed E-state index contributed by atoms with van der Waals surface area (Å²) >= 11 is 0. The topological polar surface area (TPSA) is 40.5 Å². The fraction of sp³-hybridized carbons (Fsp3) is 0.438. The minimum absolute atomic E-state index is 0.00322. The van der Waals surface area contributed by atoms with Crippen LogP contribution in [0, 0.1) is 13.8 Å². The van der Waals surface area contributed by atoms with Crippen LogP contribution in [0.2, 0.25) is 0 Å². The molecular weight excluding hydrogens is 238 g/mol. The van der Waals surface area contributed by atoms with E-state index < -0.39 is 0 Å². The number of carbonyl (C=O) groups excluding carboxylic acids is 1. The second-order valence-corrected chi connectivity index (χ2v) is 5.20. The maximum absolute atomic E-state index is 12.1.